The Morgan fingerprint density at radius 1 is 1.08 bits per heavy atom. The predicted molar refractivity (Wildman–Crippen MR) is 147 cm³/mol. The first-order chi connectivity index (χ1) is 18.4. The lowest BCUT2D eigenvalue weighted by molar-refractivity contribution is -0.163. The predicted octanol–water partition coefficient (Wildman–Crippen LogP) is 3.89. The van der Waals surface area contributed by atoms with Crippen molar-refractivity contribution in [2.45, 2.75) is 82.8 Å². The minimum Gasteiger partial charge on any atom is -0.383 e. The van der Waals surface area contributed by atoms with Crippen LogP contribution in [-0.4, -0.2) is 76.7 Å². The highest BCUT2D eigenvalue weighted by molar-refractivity contribution is 6.00. The van der Waals surface area contributed by atoms with Crippen molar-refractivity contribution < 1.29 is 14.3 Å². The second-order valence-electron chi connectivity index (χ2n) is 11.5. The molecule has 2 N–H and O–H groups in total. The summed E-state index contributed by atoms with van der Waals surface area (Å²) in [6.45, 7) is 6.42. The Hall–Kier alpha value is -2.71. The maximum absolute atomic E-state index is 13.9. The zero-order chi connectivity index (χ0) is 26.7. The van der Waals surface area contributed by atoms with Gasteiger partial charge in [-0.1, -0.05) is 62.4 Å². The summed E-state index contributed by atoms with van der Waals surface area (Å²) >= 11 is 0. The number of piperidine rings is 1. The first-order valence-electron chi connectivity index (χ1n) is 14.4. The highest BCUT2D eigenvalue weighted by Gasteiger charge is 2.54. The Kier molecular flexibility index (Phi) is 8.19. The number of nitrogens with zero attached hydrogens (tertiary/aromatic N) is 3. The molecule has 8 heteroatoms. The fourth-order valence-electron chi connectivity index (χ4n) is 7.11. The summed E-state index contributed by atoms with van der Waals surface area (Å²) in [7, 11) is 1.66. The van der Waals surface area contributed by atoms with Crippen LogP contribution in [0.15, 0.2) is 30.3 Å². The van der Waals surface area contributed by atoms with Gasteiger partial charge in [-0.05, 0) is 44.6 Å². The van der Waals surface area contributed by atoms with Crippen molar-refractivity contribution in [3.8, 4) is 0 Å². The highest BCUT2D eigenvalue weighted by Crippen LogP contribution is 2.40. The van der Waals surface area contributed by atoms with Gasteiger partial charge >= 0.3 is 0 Å². The average molecular weight is 522 g/mol. The number of piperazine rings is 1. The molecule has 2 saturated heterocycles. The molecule has 206 valence electrons. The molecule has 1 aliphatic carbocycles. The minimum absolute atomic E-state index is 0.0144. The van der Waals surface area contributed by atoms with E-state index >= 15 is 0 Å². The second-order valence-corrected chi connectivity index (χ2v) is 11.5. The number of methoxy groups -OCH3 is 1. The quantitative estimate of drug-likeness (QED) is 0.550. The molecular weight excluding hydrogens is 478 g/mol. The lowest BCUT2D eigenvalue weighted by Crippen LogP contribution is -2.73. The lowest BCUT2D eigenvalue weighted by Gasteiger charge is -2.52. The standard InChI is InChI=1S/C30H43N5O3/c1-21-26(22(2)33-32-21)27(24-12-8-5-9-13-24)34-16-14-30(15-17-34)29(37)31-25(20-23-10-6-4-7-11-23)28(36)35(30)18-19-38-3/h5,8-9,12-13,23,25,27H,4,6-7,10-11,14-20H2,1-3H3,(H,31,37)(H,32,33). The van der Waals surface area contributed by atoms with Gasteiger partial charge in [0.25, 0.3) is 0 Å². The minimum atomic E-state index is -0.823. The van der Waals surface area contributed by atoms with Gasteiger partial charge in [-0.2, -0.15) is 5.10 Å². The van der Waals surface area contributed by atoms with Crippen molar-refractivity contribution in [1.29, 1.82) is 0 Å². The number of rotatable bonds is 8. The van der Waals surface area contributed by atoms with Crippen molar-refractivity contribution >= 4 is 11.8 Å². The first-order valence-corrected chi connectivity index (χ1v) is 14.4. The summed E-state index contributed by atoms with van der Waals surface area (Å²) in [4.78, 5) is 32.0. The molecule has 2 unspecified atom stereocenters. The Bertz CT molecular complexity index is 1080. The van der Waals surface area contributed by atoms with E-state index in [1.165, 1.54) is 30.4 Å². The third-order valence-corrected chi connectivity index (χ3v) is 9.19. The number of ether oxygens (including phenoxy) is 1. The number of aromatic nitrogens is 2. The molecule has 3 aliphatic rings. The Morgan fingerprint density at radius 2 is 1.79 bits per heavy atom. The van der Waals surface area contributed by atoms with Gasteiger partial charge in [0.05, 0.1) is 18.3 Å². The van der Waals surface area contributed by atoms with E-state index in [9.17, 15) is 9.59 Å². The first kappa shape index (κ1) is 26.9. The number of H-pyrrole nitrogens is 1. The van der Waals surface area contributed by atoms with Gasteiger partial charge in [-0.3, -0.25) is 19.6 Å². The number of aromatic amines is 1. The van der Waals surface area contributed by atoms with Crippen LogP contribution in [0.3, 0.4) is 0 Å². The van der Waals surface area contributed by atoms with Gasteiger partial charge in [-0.25, -0.2) is 0 Å². The van der Waals surface area contributed by atoms with Crippen molar-refractivity contribution in [2.24, 2.45) is 5.92 Å². The molecule has 1 aromatic carbocycles. The molecule has 1 saturated carbocycles. The second kappa shape index (κ2) is 11.6. The van der Waals surface area contributed by atoms with Gasteiger partial charge in [-0.15, -0.1) is 0 Å². The van der Waals surface area contributed by atoms with E-state index < -0.39 is 11.6 Å². The average Bonchev–Trinajstić information content (AvgIpc) is 3.27. The molecule has 1 aromatic heterocycles. The highest BCUT2D eigenvalue weighted by atomic mass is 16.5. The molecular formula is C30H43N5O3. The largest absolute Gasteiger partial charge is 0.383 e. The van der Waals surface area contributed by atoms with Gasteiger partial charge in [0.2, 0.25) is 11.8 Å². The third kappa shape index (κ3) is 5.13. The lowest BCUT2D eigenvalue weighted by atomic mass is 9.78. The normalized spacial score (nSPS) is 23.6. The number of likely N-dealkylation sites (tertiary alicyclic amines) is 1. The molecule has 2 aliphatic heterocycles. The van der Waals surface area contributed by atoms with Crippen LogP contribution in [0, 0.1) is 19.8 Å². The van der Waals surface area contributed by atoms with E-state index in [1.807, 2.05) is 17.9 Å². The van der Waals surface area contributed by atoms with Crippen LogP contribution in [0.1, 0.15) is 79.9 Å². The number of carbonyl (C=O) groups excluding carboxylic acids is 2. The van der Waals surface area contributed by atoms with Crippen LogP contribution in [0.25, 0.3) is 0 Å². The number of hydrogen-bond acceptors (Lipinski definition) is 5. The Morgan fingerprint density at radius 3 is 2.42 bits per heavy atom. The SMILES string of the molecule is COCCN1C(=O)C(CC2CCCCC2)NC(=O)C12CCN(C(c1ccccc1)c1c(C)n[nH]c1C)CC2. The topological polar surface area (TPSA) is 90.6 Å². The molecule has 2 atom stereocenters. The molecule has 8 nitrogen and oxygen atoms in total. The molecule has 3 fully saturated rings. The third-order valence-electron chi connectivity index (χ3n) is 9.19. The molecule has 5 rings (SSSR count). The van der Waals surface area contributed by atoms with Gasteiger partial charge < -0.3 is 15.0 Å². The maximum Gasteiger partial charge on any atom is 0.246 e. The molecule has 2 amide bonds. The summed E-state index contributed by atoms with van der Waals surface area (Å²) in [5.41, 5.74) is 3.64. The molecule has 38 heavy (non-hydrogen) atoms. The monoisotopic (exact) mass is 521 g/mol. The van der Waals surface area contributed by atoms with Crippen LogP contribution in [-0.2, 0) is 14.3 Å². The van der Waals surface area contributed by atoms with Crippen LogP contribution >= 0.6 is 0 Å². The van der Waals surface area contributed by atoms with E-state index in [4.69, 9.17) is 4.74 Å². The summed E-state index contributed by atoms with van der Waals surface area (Å²) in [6.07, 6.45) is 8.01. The fraction of sp³-hybridized carbons (Fsp3) is 0.633. The summed E-state index contributed by atoms with van der Waals surface area (Å²) in [6, 6.07) is 10.1. The smallest absolute Gasteiger partial charge is 0.246 e. The van der Waals surface area contributed by atoms with Crippen LogP contribution in [0.4, 0.5) is 0 Å². The van der Waals surface area contributed by atoms with Crippen molar-refractivity contribution in [1.82, 2.24) is 25.3 Å². The molecule has 1 spiro atoms. The van der Waals surface area contributed by atoms with Crippen LogP contribution < -0.4 is 5.32 Å². The summed E-state index contributed by atoms with van der Waals surface area (Å²) < 4.78 is 5.39. The number of amides is 2. The van der Waals surface area contributed by atoms with E-state index in [0.717, 1.165) is 30.7 Å². The van der Waals surface area contributed by atoms with Crippen molar-refractivity contribution in [3.63, 3.8) is 0 Å². The number of aryl methyl sites for hydroxylation is 2. The molecule has 0 radical (unpaired) electrons. The van der Waals surface area contributed by atoms with Crippen LogP contribution in [0.5, 0.6) is 0 Å². The summed E-state index contributed by atoms with van der Waals surface area (Å²) in [5, 5.41) is 10.8. The van der Waals surface area contributed by atoms with Gasteiger partial charge in [0, 0.05) is 38.0 Å². The van der Waals surface area contributed by atoms with E-state index in [2.05, 4.69) is 51.6 Å². The van der Waals surface area contributed by atoms with Gasteiger partial charge in [0.15, 0.2) is 0 Å². The molecule has 3 heterocycles. The Labute approximate surface area is 226 Å². The van der Waals surface area contributed by atoms with E-state index in [-0.39, 0.29) is 17.9 Å². The number of hydrogen-bond donors (Lipinski definition) is 2. The zero-order valence-corrected chi connectivity index (χ0v) is 23.2. The fourth-order valence-corrected chi connectivity index (χ4v) is 7.11. The van der Waals surface area contributed by atoms with E-state index in [1.54, 1.807) is 7.11 Å². The Balaban J connectivity index is 1.38. The van der Waals surface area contributed by atoms with E-state index in [0.29, 0.717) is 45.0 Å². The van der Waals surface area contributed by atoms with Crippen LogP contribution in [0.2, 0.25) is 0 Å². The molecule has 2 aromatic rings. The number of benzene rings is 1. The number of carbonyl (C=O) groups is 2. The number of nitrogens with one attached hydrogen (secondary N) is 2. The zero-order valence-electron chi connectivity index (χ0n) is 23.2. The van der Waals surface area contributed by atoms with Gasteiger partial charge in [0.1, 0.15) is 11.6 Å². The summed E-state index contributed by atoms with van der Waals surface area (Å²) in [5.74, 6) is 0.605. The maximum atomic E-state index is 13.9. The molecule has 0 bridgehead atoms. The van der Waals surface area contributed by atoms with Crippen molar-refractivity contribution in [3.05, 3.63) is 52.8 Å². The van der Waals surface area contributed by atoms with Crippen molar-refractivity contribution in [2.75, 3.05) is 33.4 Å².